The first-order chi connectivity index (χ1) is 15.5. The van der Waals surface area contributed by atoms with Gasteiger partial charge in [0.15, 0.2) is 5.76 Å². The predicted octanol–water partition coefficient (Wildman–Crippen LogP) is 4.70. The fraction of sp³-hybridized carbons (Fsp3) is 0.0800. The SMILES string of the molecule is Cc1c(C=NNC(=O)c2cc3c(ccc4ccccc43)o2)c2ccccc2n1CC(=O)O. The summed E-state index contributed by atoms with van der Waals surface area (Å²) in [6, 6.07) is 20.9. The van der Waals surface area contributed by atoms with Crippen LogP contribution in [0.4, 0.5) is 0 Å². The molecule has 3 aromatic carbocycles. The Morgan fingerprint density at radius 3 is 2.59 bits per heavy atom. The van der Waals surface area contributed by atoms with E-state index >= 15 is 0 Å². The van der Waals surface area contributed by atoms with Gasteiger partial charge in [-0.05, 0) is 35.9 Å². The van der Waals surface area contributed by atoms with Crippen molar-refractivity contribution in [2.45, 2.75) is 13.5 Å². The molecular weight excluding hydrogens is 406 g/mol. The monoisotopic (exact) mass is 425 g/mol. The molecule has 2 aromatic heterocycles. The molecule has 0 unspecified atom stereocenters. The van der Waals surface area contributed by atoms with Gasteiger partial charge in [-0.15, -0.1) is 0 Å². The summed E-state index contributed by atoms with van der Waals surface area (Å²) < 4.78 is 7.44. The van der Waals surface area contributed by atoms with Gasteiger partial charge in [0.05, 0.1) is 6.21 Å². The van der Waals surface area contributed by atoms with Gasteiger partial charge in [-0.3, -0.25) is 9.59 Å². The molecule has 0 bridgehead atoms. The highest BCUT2D eigenvalue weighted by molar-refractivity contribution is 6.08. The van der Waals surface area contributed by atoms with Gasteiger partial charge in [0.1, 0.15) is 12.1 Å². The summed E-state index contributed by atoms with van der Waals surface area (Å²) in [6.07, 6.45) is 1.53. The Bertz CT molecular complexity index is 1540. The first-order valence-corrected chi connectivity index (χ1v) is 10.1. The Balaban J connectivity index is 1.44. The fourth-order valence-corrected chi connectivity index (χ4v) is 4.07. The summed E-state index contributed by atoms with van der Waals surface area (Å²) >= 11 is 0. The van der Waals surface area contributed by atoms with E-state index in [-0.39, 0.29) is 12.3 Å². The number of hydrogen-bond donors (Lipinski definition) is 2. The van der Waals surface area contributed by atoms with Crippen LogP contribution in [0.5, 0.6) is 0 Å². The second kappa shape index (κ2) is 7.70. The molecule has 5 aromatic rings. The molecule has 2 heterocycles. The zero-order valence-corrected chi connectivity index (χ0v) is 17.2. The number of fused-ring (bicyclic) bond motifs is 4. The van der Waals surface area contributed by atoms with Gasteiger partial charge in [0.25, 0.3) is 0 Å². The van der Waals surface area contributed by atoms with Gasteiger partial charge in [-0.1, -0.05) is 48.5 Å². The van der Waals surface area contributed by atoms with Crippen LogP contribution in [0.3, 0.4) is 0 Å². The van der Waals surface area contributed by atoms with E-state index in [0.29, 0.717) is 5.58 Å². The summed E-state index contributed by atoms with van der Waals surface area (Å²) in [6.45, 7) is 1.68. The Labute approximate surface area is 182 Å². The Morgan fingerprint density at radius 1 is 1.03 bits per heavy atom. The largest absolute Gasteiger partial charge is 0.480 e. The van der Waals surface area contributed by atoms with Gasteiger partial charge in [0, 0.05) is 27.5 Å². The first-order valence-electron chi connectivity index (χ1n) is 10.1. The standard InChI is InChI=1S/C25H19N3O4/c1-15-20(18-8-4-5-9-21(18)28(15)14-24(29)30)13-26-27-25(31)23-12-19-17-7-3-2-6-16(17)10-11-22(19)32-23/h2-13H,14H2,1H3,(H,27,31)(H,29,30). The van der Waals surface area contributed by atoms with E-state index in [1.54, 1.807) is 10.6 Å². The zero-order chi connectivity index (χ0) is 22.2. The number of rotatable bonds is 5. The van der Waals surface area contributed by atoms with Gasteiger partial charge in [0.2, 0.25) is 0 Å². The molecule has 32 heavy (non-hydrogen) atoms. The molecule has 0 aliphatic rings. The number of aliphatic carboxylic acids is 1. The third-order valence-corrected chi connectivity index (χ3v) is 5.58. The van der Waals surface area contributed by atoms with Crippen molar-refractivity contribution in [3.8, 4) is 0 Å². The van der Waals surface area contributed by atoms with E-state index in [4.69, 9.17) is 4.42 Å². The molecule has 0 saturated heterocycles. The van der Waals surface area contributed by atoms with E-state index in [2.05, 4.69) is 10.5 Å². The summed E-state index contributed by atoms with van der Waals surface area (Å²) in [5, 5.41) is 17.2. The highest BCUT2D eigenvalue weighted by atomic mass is 16.4. The van der Waals surface area contributed by atoms with E-state index in [1.165, 1.54) is 6.21 Å². The van der Waals surface area contributed by atoms with Crippen molar-refractivity contribution in [2.75, 3.05) is 0 Å². The van der Waals surface area contributed by atoms with Crippen LogP contribution >= 0.6 is 0 Å². The number of benzene rings is 3. The molecule has 158 valence electrons. The third-order valence-electron chi connectivity index (χ3n) is 5.58. The van der Waals surface area contributed by atoms with Crippen molar-refractivity contribution < 1.29 is 19.1 Å². The molecule has 0 atom stereocenters. The van der Waals surface area contributed by atoms with Crippen molar-refractivity contribution in [1.82, 2.24) is 9.99 Å². The number of nitrogens with zero attached hydrogens (tertiary/aromatic N) is 2. The summed E-state index contributed by atoms with van der Waals surface area (Å²) in [7, 11) is 0. The van der Waals surface area contributed by atoms with Crippen LogP contribution in [0.25, 0.3) is 32.6 Å². The molecule has 5 rings (SSSR count). The molecule has 0 fully saturated rings. The van der Waals surface area contributed by atoms with Crippen molar-refractivity contribution in [3.05, 3.63) is 83.7 Å². The van der Waals surface area contributed by atoms with E-state index in [0.717, 1.165) is 38.3 Å². The number of nitrogens with one attached hydrogen (secondary N) is 1. The number of carbonyl (C=O) groups is 2. The molecule has 0 aliphatic carbocycles. The number of amides is 1. The number of carboxylic acids is 1. The van der Waals surface area contributed by atoms with Gasteiger partial charge < -0.3 is 14.1 Å². The number of para-hydroxylation sites is 1. The van der Waals surface area contributed by atoms with Crippen LogP contribution in [-0.2, 0) is 11.3 Å². The third kappa shape index (κ3) is 3.30. The van der Waals surface area contributed by atoms with Crippen LogP contribution in [0.15, 0.2) is 76.2 Å². The topological polar surface area (TPSA) is 96.8 Å². The number of carboxylic acid groups (broad SMARTS) is 1. The van der Waals surface area contributed by atoms with E-state index < -0.39 is 11.9 Å². The summed E-state index contributed by atoms with van der Waals surface area (Å²) in [5.41, 5.74) is 5.43. The van der Waals surface area contributed by atoms with Crippen LogP contribution < -0.4 is 5.43 Å². The minimum Gasteiger partial charge on any atom is -0.480 e. The lowest BCUT2D eigenvalue weighted by Crippen LogP contribution is -2.16. The average molecular weight is 425 g/mol. The Morgan fingerprint density at radius 2 is 1.78 bits per heavy atom. The van der Waals surface area contributed by atoms with Crippen molar-refractivity contribution in [1.29, 1.82) is 0 Å². The van der Waals surface area contributed by atoms with Gasteiger partial charge in [-0.2, -0.15) is 5.10 Å². The quantitative estimate of drug-likeness (QED) is 0.315. The Kier molecular flexibility index (Phi) is 4.71. The molecular formula is C25H19N3O4. The van der Waals surface area contributed by atoms with Crippen LogP contribution in [0.2, 0.25) is 0 Å². The van der Waals surface area contributed by atoms with Crippen LogP contribution in [0, 0.1) is 6.92 Å². The molecule has 1 amide bonds. The number of aromatic nitrogens is 1. The molecule has 7 nitrogen and oxygen atoms in total. The van der Waals surface area contributed by atoms with Crippen LogP contribution in [0.1, 0.15) is 21.8 Å². The second-order valence-corrected chi connectivity index (χ2v) is 7.50. The fourth-order valence-electron chi connectivity index (χ4n) is 4.07. The van der Waals surface area contributed by atoms with E-state index in [1.807, 2.05) is 67.6 Å². The number of hydrogen-bond acceptors (Lipinski definition) is 4. The van der Waals surface area contributed by atoms with Crippen molar-refractivity contribution in [3.63, 3.8) is 0 Å². The lowest BCUT2D eigenvalue weighted by molar-refractivity contribution is -0.137. The molecule has 0 aliphatic heterocycles. The smallest absolute Gasteiger partial charge is 0.323 e. The van der Waals surface area contributed by atoms with Crippen LogP contribution in [-0.4, -0.2) is 27.8 Å². The number of furan rings is 1. The highest BCUT2D eigenvalue weighted by Gasteiger charge is 2.16. The van der Waals surface area contributed by atoms with Gasteiger partial charge in [-0.25, -0.2) is 5.43 Å². The maximum atomic E-state index is 12.6. The maximum absolute atomic E-state index is 12.6. The minimum atomic E-state index is -0.928. The van der Waals surface area contributed by atoms with Crippen molar-refractivity contribution >= 4 is 50.7 Å². The minimum absolute atomic E-state index is 0.153. The Hall–Kier alpha value is -4.39. The number of carbonyl (C=O) groups excluding carboxylic acids is 1. The first kappa shape index (κ1) is 19.6. The molecule has 0 spiro atoms. The average Bonchev–Trinajstić information content (AvgIpc) is 3.34. The number of hydrazone groups is 1. The molecule has 2 N–H and O–H groups in total. The van der Waals surface area contributed by atoms with E-state index in [9.17, 15) is 14.7 Å². The lowest BCUT2D eigenvalue weighted by atomic mass is 10.1. The van der Waals surface area contributed by atoms with Crippen molar-refractivity contribution in [2.24, 2.45) is 5.10 Å². The lowest BCUT2D eigenvalue weighted by Gasteiger charge is -2.04. The normalized spacial score (nSPS) is 11.7. The second-order valence-electron chi connectivity index (χ2n) is 7.50. The van der Waals surface area contributed by atoms with Gasteiger partial charge >= 0.3 is 11.9 Å². The zero-order valence-electron chi connectivity index (χ0n) is 17.2. The summed E-state index contributed by atoms with van der Waals surface area (Å²) in [5.74, 6) is -1.23. The molecule has 0 saturated carbocycles. The maximum Gasteiger partial charge on any atom is 0.323 e. The predicted molar refractivity (Wildman–Crippen MR) is 123 cm³/mol. The summed E-state index contributed by atoms with van der Waals surface area (Å²) in [4.78, 5) is 23.9. The highest BCUT2D eigenvalue weighted by Crippen LogP contribution is 2.28. The molecule has 7 heteroatoms. The molecule has 0 radical (unpaired) electrons.